The fraction of sp³-hybridized carbons (Fsp3) is 0.360. The van der Waals surface area contributed by atoms with Crippen LogP contribution in [0.25, 0.3) is 11.3 Å². The first kappa shape index (κ1) is 21.1. The topological polar surface area (TPSA) is 67.4 Å². The van der Waals surface area contributed by atoms with Gasteiger partial charge in [-0.05, 0) is 55.2 Å². The summed E-state index contributed by atoms with van der Waals surface area (Å²) in [5, 5.41) is 7.55. The van der Waals surface area contributed by atoms with Gasteiger partial charge in [0.1, 0.15) is 11.4 Å². The number of rotatable bonds is 9. The Balaban J connectivity index is 1.75. The van der Waals surface area contributed by atoms with Gasteiger partial charge in [-0.2, -0.15) is 5.10 Å². The molecule has 3 aromatic rings. The third-order valence-corrected chi connectivity index (χ3v) is 5.75. The Labute approximate surface area is 183 Å². The zero-order valence-corrected chi connectivity index (χ0v) is 18.4. The SMILES string of the molecule is CCOc1ccc(-c2n[nH]c3c2C(c2ccc(CC)cc2)N(CCCOC)C3=O)cc1. The number of aromatic nitrogens is 2. The smallest absolute Gasteiger partial charge is 0.273 e. The Morgan fingerprint density at radius 3 is 2.45 bits per heavy atom. The Morgan fingerprint density at radius 2 is 1.81 bits per heavy atom. The Morgan fingerprint density at radius 1 is 1.06 bits per heavy atom. The monoisotopic (exact) mass is 419 g/mol. The lowest BCUT2D eigenvalue weighted by Crippen LogP contribution is -2.31. The molecule has 1 aliphatic heterocycles. The molecule has 2 aromatic carbocycles. The number of nitrogens with one attached hydrogen (secondary N) is 1. The molecule has 1 unspecified atom stereocenters. The number of amides is 1. The molecule has 6 nitrogen and oxygen atoms in total. The zero-order valence-electron chi connectivity index (χ0n) is 18.4. The lowest BCUT2D eigenvalue weighted by molar-refractivity contribution is 0.0723. The predicted molar refractivity (Wildman–Crippen MR) is 120 cm³/mol. The number of ether oxygens (including phenoxy) is 2. The summed E-state index contributed by atoms with van der Waals surface area (Å²) in [6, 6.07) is 16.2. The molecule has 0 aliphatic carbocycles. The average molecular weight is 420 g/mol. The molecule has 0 saturated carbocycles. The number of H-pyrrole nitrogens is 1. The third kappa shape index (κ3) is 4.08. The number of nitrogens with zero attached hydrogens (tertiary/aromatic N) is 2. The van der Waals surface area contributed by atoms with E-state index in [4.69, 9.17) is 9.47 Å². The van der Waals surface area contributed by atoms with E-state index >= 15 is 0 Å². The lowest BCUT2D eigenvalue weighted by atomic mass is 9.95. The van der Waals surface area contributed by atoms with Gasteiger partial charge < -0.3 is 14.4 Å². The number of carbonyl (C=O) groups is 1. The molecule has 1 N–H and O–H groups in total. The van der Waals surface area contributed by atoms with Crippen LogP contribution in [0.5, 0.6) is 5.75 Å². The summed E-state index contributed by atoms with van der Waals surface area (Å²) in [5.41, 5.74) is 5.66. The number of carbonyl (C=O) groups excluding carboxylic acids is 1. The van der Waals surface area contributed by atoms with E-state index in [1.54, 1.807) is 7.11 Å². The highest BCUT2D eigenvalue weighted by atomic mass is 16.5. The molecule has 162 valence electrons. The van der Waals surface area contributed by atoms with Crippen molar-refractivity contribution in [2.24, 2.45) is 0 Å². The number of fused-ring (bicyclic) bond motifs is 1. The second-order valence-electron chi connectivity index (χ2n) is 7.66. The average Bonchev–Trinajstić information content (AvgIpc) is 3.34. The highest BCUT2D eigenvalue weighted by Crippen LogP contribution is 2.43. The summed E-state index contributed by atoms with van der Waals surface area (Å²) < 4.78 is 10.8. The fourth-order valence-electron chi connectivity index (χ4n) is 4.18. The van der Waals surface area contributed by atoms with Gasteiger partial charge in [0.15, 0.2) is 0 Å². The van der Waals surface area contributed by atoms with Crippen molar-refractivity contribution < 1.29 is 14.3 Å². The second kappa shape index (κ2) is 9.35. The molecule has 0 bridgehead atoms. The van der Waals surface area contributed by atoms with Gasteiger partial charge in [0.05, 0.1) is 18.3 Å². The predicted octanol–water partition coefficient (Wildman–Crippen LogP) is 4.62. The normalized spacial score (nSPS) is 15.4. The van der Waals surface area contributed by atoms with E-state index in [0.717, 1.165) is 41.0 Å². The van der Waals surface area contributed by atoms with E-state index in [1.165, 1.54) is 5.56 Å². The summed E-state index contributed by atoms with van der Waals surface area (Å²) >= 11 is 0. The maximum absolute atomic E-state index is 13.3. The van der Waals surface area contributed by atoms with Crippen LogP contribution in [0.3, 0.4) is 0 Å². The highest BCUT2D eigenvalue weighted by Gasteiger charge is 2.41. The van der Waals surface area contributed by atoms with Gasteiger partial charge in [-0.25, -0.2) is 0 Å². The molecule has 0 spiro atoms. The molecule has 0 saturated heterocycles. The van der Waals surface area contributed by atoms with Crippen molar-refractivity contribution in [1.29, 1.82) is 0 Å². The number of methoxy groups -OCH3 is 1. The molecule has 31 heavy (non-hydrogen) atoms. The van der Waals surface area contributed by atoms with Gasteiger partial charge in [0, 0.05) is 31.4 Å². The van der Waals surface area contributed by atoms with Gasteiger partial charge in [-0.15, -0.1) is 0 Å². The van der Waals surface area contributed by atoms with Crippen LogP contribution in [0.2, 0.25) is 0 Å². The minimum Gasteiger partial charge on any atom is -0.494 e. The summed E-state index contributed by atoms with van der Waals surface area (Å²) in [5.74, 6) is 0.808. The molecular weight excluding hydrogens is 390 g/mol. The molecule has 2 heterocycles. The molecule has 4 rings (SSSR count). The minimum absolute atomic E-state index is 0.0136. The molecule has 6 heteroatoms. The lowest BCUT2D eigenvalue weighted by Gasteiger charge is -2.26. The van der Waals surface area contributed by atoms with Crippen molar-refractivity contribution in [2.75, 3.05) is 26.9 Å². The summed E-state index contributed by atoms with van der Waals surface area (Å²) in [4.78, 5) is 15.2. The van der Waals surface area contributed by atoms with Crippen LogP contribution in [-0.4, -0.2) is 47.9 Å². The first-order valence-corrected chi connectivity index (χ1v) is 10.9. The van der Waals surface area contributed by atoms with Gasteiger partial charge in [0.2, 0.25) is 0 Å². The molecule has 1 aromatic heterocycles. The van der Waals surface area contributed by atoms with Crippen molar-refractivity contribution in [3.05, 3.63) is 70.9 Å². The molecule has 1 aliphatic rings. The van der Waals surface area contributed by atoms with Crippen LogP contribution in [0.1, 0.15) is 53.5 Å². The van der Waals surface area contributed by atoms with E-state index < -0.39 is 0 Å². The maximum atomic E-state index is 13.3. The Bertz CT molecular complexity index is 1030. The van der Waals surface area contributed by atoms with Crippen LogP contribution in [0.4, 0.5) is 0 Å². The zero-order chi connectivity index (χ0) is 21.8. The van der Waals surface area contributed by atoms with Crippen molar-refractivity contribution in [2.45, 2.75) is 32.7 Å². The van der Waals surface area contributed by atoms with E-state index in [1.807, 2.05) is 36.1 Å². The van der Waals surface area contributed by atoms with Crippen LogP contribution >= 0.6 is 0 Å². The molecule has 1 atom stereocenters. The molecule has 1 amide bonds. The maximum Gasteiger partial charge on any atom is 0.273 e. The minimum atomic E-state index is -0.175. The summed E-state index contributed by atoms with van der Waals surface area (Å²) in [6.07, 6.45) is 1.76. The van der Waals surface area contributed by atoms with Crippen molar-refractivity contribution in [1.82, 2.24) is 15.1 Å². The first-order chi connectivity index (χ1) is 15.2. The van der Waals surface area contributed by atoms with Gasteiger partial charge >= 0.3 is 0 Å². The second-order valence-corrected chi connectivity index (χ2v) is 7.66. The van der Waals surface area contributed by atoms with Crippen molar-refractivity contribution in [3.63, 3.8) is 0 Å². The molecule has 0 fully saturated rings. The highest BCUT2D eigenvalue weighted by molar-refractivity contribution is 6.00. The van der Waals surface area contributed by atoms with Gasteiger partial charge in [-0.3, -0.25) is 9.89 Å². The largest absolute Gasteiger partial charge is 0.494 e. The van der Waals surface area contributed by atoms with Crippen LogP contribution in [0.15, 0.2) is 48.5 Å². The van der Waals surface area contributed by atoms with E-state index in [0.29, 0.717) is 25.5 Å². The first-order valence-electron chi connectivity index (χ1n) is 10.9. The third-order valence-electron chi connectivity index (χ3n) is 5.75. The number of hydrogen-bond acceptors (Lipinski definition) is 4. The van der Waals surface area contributed by atoms with E-state index in [9.17, 15) is 4.79 Å². The van der Waals surface area contributed by atoms with Crippen LogP contribution in [0, 0.1) is 0 Å². The van der Waals surface area contributed by atoms with Gasteiger partial charge in [-0.1, -0.05) is 31.2 Å². The molecular formula is C25H29N3O3. The number of aryl methyl sites for hydroxylation is 1. The summed E-state index contributed by atoms with van der Waals surface area (Å²) in [6.45, 7) is 5.97. The Hall–Kier alpha value is -3.12. The number of aromatic amines is 1. The van der Waals surface area contributed by atoms with Crippen LogP contribution in [-0.2, 0) is 11.2 Å². The number of benzene rings is 2. The van der Waals surface area contributed by atoms with E-state index in [-0.39, 0.29) is 11.9 Å². The Kier molecular flexibility index (Phi) is 6.37. The van der Waals surface area contributed by atoms with E-state index in [2.05, 4.69) is 41.4 Å². The van der Waals surface area contributed by atoms with Gasteiger partial charge in [0.25, 0.3) is 5.91 Å². The summed E-state index contributed by atoms with van der Waals surface area (Å²) in [7, 11) is 1.68. The number of hydrogen-bond donors (Lipinski definition) is 1. The van der Waals surface area contributed by atoms with Crippen LogP contribution < -0.4 is 4.74 Å². The molecule has 0 radical (unpaired) electrons. The van der Waals surface area contributed by atoms with Crippen molar-refractivity contribution in [3.8, 4) is 17.0 Å². The van der Waals surface area contributed by atoms with Crippen molar-refractivity contribution >= 4 is 5.91 Å². The standard InChI is InChI=1S/C25H29N3O3/c1-4-17-7-9-19(10-8-17)24-21-22(18-11-13-20(14-12-18)31-5-2)26-27-23(21)25(29)28(24)15-6-16-30-3/h7-14,24H,4-6,15-16H2,1-3H3,(H,26,27). The fourth-order valence-corrected chi connectivity index (χ4v) is 4.18. The quantitative estimate of drug-likeness (QED) is 0.514.